The van der Waals surface area contributed by atoms with Gasteiger partial charge in [-0.2, -0.15) is 0 Å². The van der Waals surface area contributed by atoms with Crippen LogP contribution < -0.4 is 4.90 Å². The van der Waals surface area contributed by atoms with E-state index in [4.69, 9.17) is 15.0 Å². The van der Waals surface area contributed by atoms with Crippen molar-refractivity contribution in [2.75, 3.05) is 4.90 Å². The monoisotopic (exact) mass is 1140 g/mol. The van der Waals surface area contributed by atoms with Gasteiger partial charge < -0.3 is 4.90 Å². The van der Waals surface area contributed by atoms with Crippen molar-refractivity contribution in [1.82, 2.24) is 15.0 Å². The van der Waals surface area contributed by atoms with Crippen LogP contribution in [0, 0.1) is 0 Å². The summed E-state index contributed by atoms with van der Waals surface area (Å²) in [4.78, 5) is 19.2. The Morgan fingerprint density at radius 1 is 0.218 bits per heavy atom. The number of hydrogen-bond acceptors (Lipinski definition) is 6. The Bertz CT molecular complexity index is 4880. The van der Waals surface area contributed by atoms with Gasteiger partial charge >= 0.3 is 0 Å². The highest BCUT2D eigenvalue weighted by molar-refractivity contribution is 7.26. The summed E-state index contributed by atoms with van der Waals surface area (Å²) >= 11 is 3.60. The molecule has 87 heavy (non-hydrogen) atoms. The molecule has 0 aliphatic rings. The summed E-state index contributed by atoms with van der Waals surface area (Å²) in [6, 6.07) is 114. The second-order valence-corrected chi connectivity index (χ2v) is 23.9. The summed E-state index contributed by atoms with van der Waals surface area (Å²) in [6.07, 6.45) is 0. The first kappa shape index (κ1) is 51.7. The van der Waals surface area contributed by atoms with E-state index in [0.717, 1.165) is 101 Å². The highest BCUT2D eigenvalue weighted by Gasteiger charge is 2.30. The summed E-state index contributed by atoms with van der Waals surface area (Å²) in [7, 11) is 0. The molecule has 0 aliphatic heterocycles. The molecule has 3 aromatic heterocycles. The van der Waals surface area contributed by atoms with Gasteiger partial charge in [-0.05, 0) is 93.0 Å². The minimum absolute atomic E-state index is 0.572. The Hall–Kier alpha value is -10.9. The molecule has 16 rings (SSSR count). The molecule has 0 N–H and O–H groups in total. The van der Waals surface area contributed by atoms with E-state index in [1.165, 1.54) is 40.3 Å². The van der Waals surface area contributed by atoms with Gasteiger partial charge in [0.2, 0.25) is 0 Å². The Morgan fingerprint density at radius 2 is 0.540 bits per heavy atom. The Morgan fingerprint density at radius 3 is 0.931 bits per heavy atom. The first-order valence-corrected chi connectivity index (χ1v) is 30.9. The molecule has 0 aliphatic carbocycles. The largest absolute Gasteiger partial charge is 0.308 e. The fourth-order valence-electron chi connectivity index (χ4n) is 12.5. The van der Waals surface area contributed by atoms with Gasteiger partial charge in [0.15, 0.2) is 17.5 Å². The zero-order valence-corrected chi connectivity index (χ0v) is 48.8. The maximum absolute atomic E-state index is 5.59. The van der Waals surface area contributed by atoms with Crippen LogP contribution in [0.25, 0.3) is 141 Å². The zero-order valence-electron chi connectivity index (χ0n) is 47.1. The van der Waals surface area contributed by atoms with Crippen molar-refractivity contribution in [3.63, 3.8) is 0 Å². The molecule has 3 heterocycles. The molecular formula is C81H52N4S2. The lowest BCUT2D eigenvalue weighted by atomic mass is 9.87. The lowest BCUT2D eigenvalue weighted by molar-refractivity contribution is 1.08. The van der Waals surface area contributed by atoms with Crippen molar-refractivity contribution in [2.24, 2.45) is 0 Å². The number of rotatable bonds is 12. The van der Waals surface area contributed by atoms with Crippen molar-refractivity contribution < 1.29 is 0 Å². The second kappa shape index (κ2) is 22.3. The van der Waals surface area contributed by atoms with Gasteiger partial charge in [-0.15, -0.1) is 22.7 Å². The number of thiophene rings is 2. The molecular weight excluding hydrogens is 1090 g/mol. The third-order valence-electron chi connectivity index (χ3n) is 16.5. The second-order valence-electron chi connectivity index (χ2n) is 21.8. The molecule has 16 aromatic rings. The molecule has 0 fully saturated rings. The van der Waals surface area contributed by atoms with Crippen LogP contribution in [0.2, 0.25) is 0 Å². The molecule has 0 unspecified atom stereocenters. The maximum Gasteiger partial charge on any atom is 0.164 e. The predicted octanol–water partition coefficient (Wildman–Crippen LogP) is 23.1. The highest BCUT2D eigenvalue weighted by atomic mass is 32.1. The van der Waals surface area contributed by atoms with Gasteiger partial charge in [-0.1, -0.05) is 267 Å². The maximum atomic E-state index is 5.59. The highest BCUT2D eigenvalue weighted by Crippen LogP contribution is 2.55. The van der Waals surface area contributed by atoms with Gasteiger partial charge in [0, 0.05) is 79.3 Å². The van der Waals surface area contributed by atoms with Crippen LogP contribution in [0.15, 0.2) is 315 Å². The molecule has 4 nitrogen and oxygen atoms in total. The quantitative estimate of drug-likeness (QED) is 0.122. The summed E-state index contributed by atoms with van der Waals surface area (Å²) in [5.41, 5.74) is 18.7. The molecule has 0 atom stereocenters. The fourth-order valence-corrected chi connectivity index (χ4v) is 14.8. The van der Waals surface area contributed by atoms with E-state index >= 15 is 0 Å². The van der Waals surface area contributed by atoms with Crippen LogP contribution >= 0.6 is 22.7 Å². The Balaban J connectivity index is 1.02. The van der Waals surface area contributed by atoms with Crippen molar-refractivity contribution in [3.8, 4) is 101 Å². The van der Waals surface area contributed by atoms with Gasteiger partial charge in [-0.25, -0.2) is 15.0 Å². The molecule has 0 spiro atoms. The first-order valence-electron chi connectivity index (χ1n) is 29.3. The number of fused-ring (bicyclic) bond motifs is 6. The van der Waals surface area contributed by atoms with Crippen molar-refractivity contribution >= 4 is 80.1 Å². The summed E-state index contributed by atoms with van der Waals surface area (Å²) in [5.74, 6) is 1.78. The standard InChI is InChI=1S/C81H52N4S2/c1-7-25-53(26-8-1)62-39-23-41-70(76(62)57-33-15-5-16-34-57)85(71-42-24-40-63(54-27-9-2-10-28-54)77(71)58-35-17-6-18-36-58)78-68(55-29-11-3-12-30-55)49-61(50-69(78)56-31-13-4-14-32-56)81-83-79(59-45-47-66-64-37-19-21-43-72(64)86-74(66)51-59)82-80(84-81)60-46-48-67-65-38-20-22-44-73(65)87-75(67)52-60/h1-52H. The Kier molecular flexibility index (Phi) is 13.2. The topological polar surface area (TPSA) is 41.9 Å². The fraction of sp³-hybridized carbons (Fsp3) is 0. The first-order chi connectivity index (χ1) is 43.1. The average molecular weight is 1150 g/mol. The van der Waals surface area contributed by atoms with Crippen molar-refractivity contribution in [2.45, 2.75) is 0 Å². The molecule has 6 heteroatoms. The molecule has 0 saturated carbocycles. The zero-order chi connectivity index (χ0) is 57.6. The van der Waals surface area contributed by atoms with E-state index < -0.39 is 0 Å². The van der Waals surface area contributed by atoms with Gasteiger partial charge in [0.1, 0.15) is 0 Å². The number of aromatic nitrogens is 3. The normalized spacial score (nSPS) is 11.4. The minimum atomic E-state index is 0.572. The van der Waals surface area contributed by atoms with E-state index in [1.54, 1.807) is 22.7 Å². The van der Waals surface area contributed by atoms with Crippen LogP contribution in [-0.2, 0) is 0 Å². The Labute approximate surface area is 512 Å². The van der Waals surface area contributed by atoms with Crippen LogP contribution in [-0.4, -0.2) is 15.0 Å². The number of hydrogen-bond donors (Lipinski definition) is 0. The van der Waals surface area contributed by atoms with Crippen molar-refractivity contribution in [3.05, 3.63) is 315 Å². The summed E-state index contributed by atoms with van der Waals surface area (Å²) in [6.45, 7) is 0. The van der Waals surface area contributed by atoms with Crippen LogP contribution in [0.1, 0.15) is 0 Å². The number of benzene rings is 13. The van der Waals surface area contributed by atoms with E-state index in [-0.39, 0.29) is 0 Å². The SMILES string of the molecule is c1ccc(-c2cccc(N(c3cccc(-c4ccccc4)c3-c3ccccc3)c3c(-c4ccccc4)cc(-c4nc(-c5ccc6c(c5)sc5ccccc56)nc(-c5ccc6c(c5)sc5ccccc56)n4)cc3-c3ccccc3)c2-c2ccccc2)cc1. The van der Waals surface area contributed by atoms with E-state index in [1.807, 2.05) is 0 Å². The lowest BCUT2D eigenvalue weighted by Crippen LogP contribution is -2.16. The molecule has 0 saturated heterocycles. The lowest BCUT2D eigenvalue weighted by Gasteiger charge is -2.35. The molecule has 0 amide bonds. The molecule has 0 radical (unpaired) electrons. The summed E-state index contributed by atoms with van der Waals surface area (Å²) < 4.78 is 4.87. The van der Waals surface area contributed by atoms with Crippen LogP contribution in [0.3, 0.4) is 0 Å². The summed E-state index contributed by atoms with van der Waals surface area (Å²) in [5, 5.41) is 4.94. The van der Waals surface area contributed by atoms with E-state index in [0.29, 0.717) is 17.5 Å². The number of anilines is 3. The van der Waals surface area contributed by atoms with Gasteiger partial charge in [0.05, 0.1) is 17.1 Å². The third kappa shape index (κ3) is 9.54. The average Bonchev–Trinajstić information content (AvgIpc) is 2.09. The molecule has 13 aromatic carbocycles. The predicted molar refractivity (Wildman–Crippen MR) is 369 cm³/mol. The smallest absolute Gasteiger partial charge is 0.164 e. The van der Waals surface area contributed by atoms with E-state index in [2.05, 4.69) is 320 Å². The van der Waals surface area contributed by atoms with Gasteiger partial charge in [0.25, 0.3) is 0 Å². The van der Waals surface area contributed by atoms with Crippen LogP contribution in [0.5, 0.6) is 0 Å². The molecule has 0 bridgehead atoms. The number of nitrogens with zero attached hydrogens (tertiary/aromatic N) is 4. The van der Waals surface area contributed by atoms with Crippen LogP contribution in [0.4, 0.5) is 17.1 Å². The van der Waals surface area contributed by atoms with E-state index in [9.17, 15) is 0 Å². The van der Waals surface area contributed by atoms with Crippen molar-refractivity contribution in [1.29, 1.82) is 0 Å². The minimum Gasteiger partial charge on any atom is -0.308 e. The third-order valence-corrected chi connectivity index (χ3v) is 18.8. The molecule has 408 valence electrons. The van der Waals surface area contributed by atoms with Gasteiger partial charge in [-0.3, -0.25) is 0 Å².